The van der Waals surface area contributed by atoms with Crippen LogP contribution < -0.4 is 5.32 Å². The molecule has 0 aliphatic rings. The smallest absolute Gasteiger partial charge is 0.0294 e. The molecule has 0 fully saturated rings. The Kier molecular flexibility index (Phi) is 5.20. The normalized spacial score (nSPS) is 12.4. The third-order valence-electron chi connectivity index (χ3n) is 3.22. The summed E-state index contributed by atoms with van der Waals surface area (Å²) in [4.78, 5) is 0. The lowest BCUT2D eigenvalue weighted by Gasteiger charge is -2.15. The van der Waals surface area contributed by atoms with Crippen molar-refractivity contribution in [3.05, 3.63) is 68.1 Å². The molecule has 0 bridgehead atoms. The summed E-state index contributed by atoms with van der Waals surface area (Å²) in [5, 5.41) is 3.55. The Hall–Kier alpha value is -0.640. The highest BCUT2D eigenvalue weighted by Gasteiger charge is 2.05. The van der Waals surface area contributed by atoms with Gasteiger partial charge in [-0.1, -0.05) is 56.1 Å². The monoisotopic (exact) mass is 381 g/mol. The van der Waals surface area contributed by atoms with Crippen LogP contribution in [-0.4, -0.2) is 0 Å². The standard InChI is InChI=1S/C16H17Br2N/c1-11-3-4-13(9-16(11)18)10-19-12(2)14-5-7-15(17)8-6-14/h3-9,12,19H,10H2,1-2H3. The van der Waals surface area contributed by atoms with Crippen molar-refractivity contribution in [2.75, 3.05) is 0 Å². The zero-order valence-electron chi connectivity index (χ0n) is 11.1. The highest BCUT2D eigenvalue weighted by atomic mass is 79.9. The van der Waals surface area contributed by atoms with E-state index in [9.17, 15) is 0 Å². The van der Waals surface area contributed by atoms with Gasteiger partial charge in [-0.25, -0.2) is 0 Å². The van der Waals surface area contributed by atoms with Crippen LogP contribution in [0.5, 0.6) is 0 Å². The molecular weight excluding hydrogens is 366 g/mol. The fourth-order valence-electron chi connectivity index (χ4n) is 1.89. The van der Waals surface area contributed by atoms with E-state index < -0.39 is 0 Å². The van der Waals surface area contributed by atoms with Crippen molar-refractivity contribution in [2.45, 2.75) is 26.4 Å². The molecule has 0 radical (unpaired) electrons. The second-order valence-electron chi connectivity index (χ2n) is 4.74. The molecule has 0 saturated heterocycles. The van der Waals surface area contributed by atoms with Crippen molar-refractivity contribution in [3.63, 3.8) is 0 Å². The third kappa shape index (κ3) is 4.16. The van der Waals surface area contributed by atoms with Gasteiger partial charge in [0.15, 0.2) is 0 Å². The Labute approximate surface area is 131 Å². The maximum Gasteiger partial charge on any atom is 0.0294 e. The van der Waals surface area contributed by atoms with E-state index in [0.717, 1.165) is 11.0 Å². The minimum Gasteiger partial charge on any atom is -0.306 e. The van der Waals surface area contributed by atoms with Crippen molar-refractivity contribution in [1.29, 1.82) is 0 Å². The molecule has 0 aliphatic heterocycles. The molecule has 0 saturated carbocycles. The number of hydrogen-bond acceptors (Lipinski definition) is 1. The van der Waals surface area contributed by atoms with Gasteiger partial charge in [0.05, 0.1) is 0 Å². The van der Waals surface area contributed by atoms with Crippen LogP contribution in [-0.2, 0) is 6.54 Å². The van der Waals surface area contributed by atoms with Crippen LogP contribution in [0.25, 0.3) is 0 Å². The van der Waals surface area contributed by atoms with E-state index in [0.29, 0.717) is 6.04 Å². The van der Waals surface area contributed by atoms with Crippen LogP contribution in [0.3, 0.4) is 0 Å². The first-order chi connectivity index (χ1) is 9.06. The molecule has 1 atom stereocenters. The Morgan fingerprint density at radius 3 is 2.37 bits per heavy atom. The summed E-state index contributed by atoms with van der Waals surface area (Å²) in [6.07, 6.45) is 0. The van der Waals surface area contributed by atoms with Crippen LogP contribution in [0.2, 0.25) is 0 Å². The maximum absolute atomic E-state index is 3.57. The average molecular weight is 383 g/mol. The van der Waals surface area contributed by atoms with E-state index in [1.54, 1.807) is 0 Å². The summed E-state index contributed by atoms with van der Waals surface area (Å²) in [6, 6.07) is 15.3. The highest BCUT2D eigenvalue weighted by Crippen LogP contribution is 2.19. The van der Waals surface area contributed by atoms with Crippen molar-refractivity contribution < 1.29 is 0 Å². The number of aryl methyl sites for hydroxylation is 1. The fourth-order valence-corrected chi connectivity index (χ4v) is 2.58. The molecule has 0 aromatic heterocycles. The summed E-state index contributed by atoms with van der Waals surface area (Å²) in [7, 11) is 0. The minimum absolute atomic E-state index is 0.341. The predicted molar refractivity (Wildman–Crippen MR) is 88.3 cm³/mol. The number of rotatable bonds is 4. The van der Waals surface area contributed by atoms with Gasteiger partial charge >= 0.3 is 0 Å². The molecule has 0 heterocycles. The average Bonchev–Trinajstić information content (AvgIpc) is 2.40. The molecule has 2 aromatic carbocycles. The van der Waals surface area contributed by atoms with E-state index in [1.165, 1.54) is 21.2 Å². The predicted octanol–water partition coefficient (Wildman–Crippen LogP) is 5.37. The molecule has 100 valence electrons. The maximum atomic E-state index is 3.57. The molecule has 19 heavy (non-hydrogen) atoms. The van der Waals surface area contributed by atoms with Crippen molar-refractivity contribution >= 4 is 31.9 Å². The molecule has 0 spiro atoms. The number of nitrogens with one attached hydrogen (secondary N) is 1. The quantitative estimate of drug-likeness (QED) is 0.749. The van der Waals surface area contributed by atoms with Crippen molar-refractivity contribution in [1.82, 2.24) is 5.32 Å². The lowest BCUT2D eigenvalue weighted by atomic mass is 10.1. The zero-order chi connectivity index (χ0) is 13.8. The van der Waals surface area contributed by atoms with Gasteiger partial charge in [-0.15, -0.1) is 0 Å². The van der Waals surface area contributed by atoms with Crippen LogP contribution in [0.4, 0.5) is 0 Å². The fraction of sp³-hybridized carbons (Fsp3) is 0.250. The first kappa shape index (κ1) is 14.8. The topological polar surface area (TPSA) is 12.0 Å². The van der Waals surface area contributed by atoms with Gasteiger partial charge in [0.25, 0.3) is 0 Å². The number of halogens is 2. The van der Waals surface area contributed by atoms with E-state index in [1.807, 2.05) is 0 Å². The largest absolute Gasteiger partial charge is 0.306 e. The van der Waals surface area contributed by atoms with E-state index in [-0.39, 0.29) is 0 Å². The lowest BCUT2D eigenvalue weighted by Crippen LogP contribution is -2.18. The van der Waals surface area contributed by atoms with Crippen LogP contribution in [0.1, 0.15) is 29.7 Å². The molecular formula is C16H17Br2N. The second-order valence-corrected chi connectivity index (χ2v) is 6.51. The molecule has 1 unspecified atom stereocenters. The first-order valence-electron chi connectivity index (χ1n) is 6.30. The molecule has 2 rings (SSSR count). The van der Waals surface area contributed by atoms with Gasteiger partial charge < -0.3 is 5.32 Å². The van der Waals surface area contributed by atoms with Crippen LogP contribution in [0, 0.1) is 6.92 Å². The zero-order valence-corrected chi connectivity index (χ0v) is 14.3. The second kappa shape index (κ2) is 6.69. The van der Waals surface area contributed by atoms with Gasteiger partial charge in [0, 0.05) is 21.5 Å². The first-order valence-corrected chi connectivity index (χ1v) is 7.89. The summed E-state index contributed by atoms with van der Waals surface area (Å²) in [6.45, 7) is 5.16. The summed E-state index contributed by atoms with van der Waals surface area (Å²) in [5.74, 6) is 0. The molecule has 2 aromatic rings. The SMILES string of the molecule is Cc1ccc(CNC(C)c2ccc(Br)cc2)cc1Br. The number of hydrogen-bond donors (Lipinski definition) is 1. The summed E-state index contributed by atoms with van der Waals surface area (Å²) in [5.41, 5.74) is 3.86. The van der Waals surface area contributed by atoms with Gasteiger partial charge in [-0.2, -0.15) is 0 Å². The summed E-state index contributed by atoms with van der Waals surface area (Å²) < 4.78 is 2.29. The van der Waals surface area contributed by atoms with E-state index in [4.69, 9.17) is 0 Å². The van der Waals surface area contributed by atoms with Crippen molar-refractivity contribution in [2.24, 2.45) is 0 Å². The summed E-state index contributed by atoms with van der Waals surface area (Å²) >= 11 is 7.03. The van der Waals surface area contributed by atoms with Gasteiger partial charge in [0.2, 0.25) is 0 Å². The molecule has 0 aliphatic carbocycles. The van der Waals surface area contributed by atoms with Crippen LogP contribution >= 0.6 is 31.9 Å². The molecule has 1 nitrogen and oxygen atoms in total. The molecule has 1 N–H and O–H groups in total. The van der Waals surface area contributed by atoms with E-state index in [2.05, 4.69) is 93.5 Å². The Morgan fingerprint density at radius 1 is 1.05 bits per heavy atom. The van der Waals surface area contributed by atoms with Gasteiger partial charge in [0.1, 0.15) is 0 Å². The highest BCUT2D eigenvalue weighted by molar-refractivity contribution is 9.10. The van der Waals surface area contributed by atoms with Crippen LogP contribution in [0.15, 0.2) is 51.4 Å². The Bertz CT molecular complexity index is 549. The minimum atomic E-state index is 0.341. The Morgan fingerprint density at radius 2 is 1.74 bits per heavy atom. The van der Waals surface area contributed by atoms with Gasteiger partial charge in [-0.3, -0.25) is 0 Å². The molecule has 3 heteroatoms. The lowest BCUT2D eigenvalue weighted by molar-refractivity contribution is 0.574. The van der Waals surface area contributed by atoms with Crippen molar-refractivity contribution in [3.8, 4) is 0 Å². The van der Waals surface area contributed by atoms with Gasteiger partial charge in [-0.05, 0) is 48.7 Å². The molecule has 0 amide bonds. The third-order valence-corrected chi connectivity index (χ3v) is 4.60. The Balaban J connectivity index is 1.98. The number of benzene rings is 2. The van der Waals surface area contributed by atoms with E-state index >= 15 is 0 Å².